The minimum Gasteiger partial charge on any atom is -0.486 e. The summed E-state index contributed by atoms with van der Waals surface area (Å²) in [7, 11) is 0. The second kappa shape index (κ2) is 5.40. The molecule has 2 aliphatic rings. The van der Waals surface area contributed by atoms with Crippen molar-refractivity contribution in [3.05, 3.63) is 34.0 Å². The maximum atomic E-state index is 11.2. The largest absolute Gasteiger partial charge is 0.486 e. The van der Waals surface area contributed by atoms with Crippen molar-refractivity contribution in [1.82, 2.24) is 4.90 Å². The van der Waals surface area contributed by atoms with Crippen LogP contribution in [0.4, 0.5) is 5.69 Å². The molecule has 0 unspecified atom stereocenters. The van der Waals surface area contributed by atoms with Gasteiger partial charge in [-0.1, -0.05) is 0 Å². The molecule has 6 nitrogen and oxygen atoms in total. The van der Waals surface area contributed by atoms with Gasteiger partial charge in [0.2, 0.25) is 0 Å². The van der Waals surface area contributed by atoms with E-state index < -0.39 is 0 Å². The Morgan fingerprint density at radius 2 is 1.80 bits per heavy atom. The van der Waals surface area contributed by atoms with Gasteiger partial charge in [-0.3, -0.25) is 10.1 Å². The lowest BCUT2D eigenvalue weighted by molar-refractivity contribution is -0.385. The van der Waals surface area contributed by atoms with Gasteiger partial charge in [0.1, 0.15) is 13.2 Å². The molecule has 0 bridgehead atoms. The number of hydrogen-bond acceptors (Lipinski definition) is 5. The van der Waals surface area contributed by atoms with Crippen molar-refractivity contribution in [3.63, 3.8) is 0 Å². The van der Waals surface area contributed by atoms with Gasteiger partial charge in [0.15, 0.2) is 11.5 Å². The Labute approximate surface area is 116 Å². The maximum Gasteiger partial charge on any atom is 0.280 e. The lowest BCUT2D eigenvalue weighted by Crippen LogP contribution is -2.15. The molecule has 0 aliphatic carbocycles. The Hall–Kier alpha value is -2.24. The monoisotopic (exact) mass is 276 g/mol. The molecule has 6 heteroatoms. The highest BCUT2D eigenvalue weighted by Gasteiger charge is 2.21. The van der Waals surface area contributed by atoms with Crippen LogP contribution in [0.25, 0.3) is 6.08 Å². The van der Waals surface area contributed by atoms with Crippen LogP contribution >= 0.6 is 0 Å². The molecule has 0 N–H and O–H groups in total. The zero-order valence-electron chi connectivity index (χ0n) is 11.1. The van der Waals surface area contributed by atoms with Gasteiger partial charge in [-0.05, 0) is 31.2 Å². The van der Waals surface area contributed by atoms with Crippen molar-refractivity contribution in [2.45, 2.75) is 12.8 Å². The molecule has 2 aliphatic heterocycles. The highest BCUT2D eigenvalue weighted by atomic mass is 16.6. The fourth-order valence-electron chi connectivity index (χ4n) is 2.46. The molecule has 20 heavy (non-hydrogen) atoms. The van der Waals surface area contributed by atoms with E-state index in [9.17, 15) is 10.1 Å². The number of fused-ring (bicyclic) bond motifs is 1. The molecule has 0 amide bonds. The van der Waals surface area contributed by atoms with Gasteiger partial charge >= 0.3 is 0 Å². The number of hydrogen-bond donors (Lipinski definition) is 0. The van der Waals surface area contributed by atoms with Gasteiger partial charge < -0.3 is 14.4 Å². The second-order valence-corrected chi connectivity index (χ2v) is 4.87. The first-order valence-corrected chi connectivity index (χ1v) is 6.74. The van der Waals surface area contributed by atoms with Gasteiger partial charge in [0.05, 0.1) is 16.6 Å². The minimum absolute atomic E-state index is 0.0460. The fraction of sp³-hybridized carbons (Fsp3) is 0.429. The topological polar surface area (TPSA) is 64.8 Å². The molecular formula is C14H16N2O4. The van der Waals surface area contributed by atoms with Gasteiger partial charge in [-0.25, -0.2) is 0 Å². The first-order valence-electron chi connectivity index (χ1n) is 6.74. The van der Waals surface area contributed by atoms with Crippen molar-refractivity contribution < 1.29 is 14.4 Å². The Morgan fingerprint density at radius 1 is 1.15 bits per heavy atom. The predicted molar refractivity (Wildman–Crippen MR) is 73.9 cm³/mol. The van der Waals surface area contributed by atoms with Crippen molar-refractivity contribution in [2.75, 3.05) is 26.3 Å². The summed E-state index contributed by atoms with van der Waals surface area (Å²) in [4.78, 5) is 12.9. The molecule has 0 spiro atoms. The van der Waals surface area contributed by atoms with Gasteiger partial charge in [-0.15, -0.1) is 0 Å². The van der Waals surface area contributed by atoms with Crippen molar-refractivity contribution in [3.8, 4) is 11.5 Å². The minimum atomic E-state index is -0.387. The number of benzene rings is 1. The van der Waals surface area contributed by atoms with Crippen LogP contribution in [-0.2, 0) is 0 Å². The van der Waals surface area contributed by atoms with E-state index in [0.29, 0.717) is 30.3 Å². The fourth-order valence-corrected chi connectivity index (χ4v) is 2.46. The summed E-state index contributed by atoms with van der Waals surface area (Å²) in [6.45, 7) is 2.91. The molecular weight excluding hydrogens is 260 g/mol. The summed E-state index contributed by atoms with van der Waals surface area (Å²) in [6.07, 6.45) is 6.05. The van der Waals surface area contributed by atoms with Crippen molar-refractivity contribution in [2.24, 2.45) is 0 Å². The molecule has 0 aromatic heterocycles. The van der Waals surface area contributed by atoms with E-state index in [1.165, 1.54) is 18.9 Å². The smallest absolute Gasteiger partial charge is 0.280 e. The van der Waals surface area contributed by atoms with E-state index in [2.05, 4.69) is 4.90 Å². The van der Waals surface area contributed by atoms with E-state index in [-0.39, 0.29) is 10.6 Å². The van der Waals surface area contributed by atoms with E-state index >= 15 is 0 Å². The third-order valence-corrected chi connectivity index (χ3v) is 3.49. The van der Waals surface area contributed by atoms with Crippen LogP contribution in [0.5, 0.6) is 11.5 Å². The second-order valence-electron chi connectivity index (χ2n) is 4.87. The van der Waals surface area contributed by atoms with E-state index in [0.717, 1.165) is 13.1 Å². The normalized spacial score (nSPS) is 17.7. The number of nitrogens with zero attached hydrogens (tertiary/aromatic N) is 2. The summed E-state index contributed by atoms with van der Waals surface area (Å²) in [6, 6.07) is 3.12. The van der Waals surface area contributed by atoms with Crippen molar-refractivity contribution >= 4 is 11.8 Å². The van der Waals surface area contributed by atoms with E-state index in [1.807, 2.05) is 6.20 Å². The van der Waals surface area contributed by atoms with Gasteiger partial charge in [-0.2, -0.15) is 0 Å². The third kappa shape index (κ3) is 2.54. The molecule has 1 aromatic carbocycles. The van der Waals surface area contributed by atoms with Crippen LogP contribution in [0.3, 0.4) is 0 Å². The highest BCUT2D eigenvalue weighted by molar-refractivity contribution is 5.66. The predicted octanol–water partition coefficient (Wildman–Crippen LogP) is 2.43. The van der Waals surface area contributed by atoms with E-state index in [4.69, 9.17) is 9.47 Å². The summed E-state index contributed by atoms with van der Waals surface area (Å²) in [5, 5.41) is 11.2. The van der Waals surface area contributed by atoms with Crippen LogP contribution in [0, 0.1) is 10.1 Å². The first-order chi connectivity index (χ1) is 9.74. The average Bonchev–Trinajstić information content (AvgIpc) is 2.97. The van der Waals surface area contributed by atoms with Gasteiger partial charge in [0.25, 0.3) is 5.69 Å². The molecule has 0 atom stereocenters. The zero-order chi connectivity index (χ0) is 13.9. The molecule has 1 saturated heterocycles. The SMILES string of the molecule is O=[N+]([O-])c1cc2c(cc1/C=C/N1CCCC1)OCCO2. The molecule has 1 fully saturated rings. The lowest BCUT2D eigenvalue weighted by atomic mass is 10.1. The molecule has 1 aromatic rings. The van der Waals surface area contributed by atoms with Crippen LogP contribution in [0.1, 0.15) is 18.4 Å². The maximum absolute atomic E-state index is 11.2. The third-order valence-electron chi connectivity index (χ3n) is 3.49. The Balaban J connectivity index is 1.92. The molecule has 2 heterocycles. The standard InChI is InChI=1S/C14H16N2O4/c17-16(18)12-10-14-13(19-7-8-20-14)9-11(12)3-6-15-4-1-2-5-15/h3,6,9-10H,1-2,4-5,7-8H2/b6-3+. The number of ether oxygens (including phenoxy) is 2. The lowest BCUT2D eigenvalue weighted by Gasteiger charge is -2.18. The van der Waals surface area contributed by atoms with Crippen LogP contribution in [0.15, 0.2) is 18.3 Å². The molecule has 0 radical (unpaired) electrons. The molecule has 106 valence electrons. The Kier molecular flexibility index (Phi) is 3.45. The molecule has 3 rings (SSSR count). The number of likely N-dealkylation sites (tertiary alicyclic amines) is 1. The Morgan fingerprint density at radius 3 is 2.45 bits per heavy atom. The van der Waals surface area contributed by atoms with Crippen molar-refractivity contribution in [1.29, 1.82) is 0 Å². The van der Waals surface area contributed by atoms with Gasteiger partial charge in [0, 0.05) is 13.1 Å². The summed E-state index contributed by atoms with van der Waals surface area (Å²) < 4.78 is 10.9. The summed E-state index contributed by atoms with van der Waals surface area (Å²) in [5.41, 5.74) is 0.593. The van der Waals surface area contributed by atoms with Crippen LogP contribution in [0.2, 0.25) is 0 Å². The van der Waals surface area contributed by atoms with Crippen LogP contribution < -0.4 is 9.47 Å². The Bertz CT molecular complexity index is 550. The zero-order valence-corrected chi connectivity index (χ0v) is 11.1. The summed E-state index contributed by atoms with van der Waals surface area (Å²) >= 11 is 0. The van der Waals surface area contributed by atoms with Crippen LogP contribution in [-0.4, -0.2) is 36.1 Å². The summed E-state index contributed by atoms with van der Waals surface area (Å²) in [5.74, 6) is 1.02. The number of nitro groups is 1. The highest BCUT2D eigenvalue weighted by Crippen LogP contribution is 2.37. The quantitative estimate of drug-likeness (QED) is 0.626. The molecule has 0 saturated carbocycles. The number of nitro benzene ring substituents is 1. The average molecular weight is 276 g/mol. The van der Waals surface area contributed by atoms with E-state index in [1.54, 1.807) is 12.1 Å². The number of rotatable bonds is 3. The first kappa shape index (κ1) is 12.8.